The molecule has 0 saturated heterocycles. The van der Waals surface area contributed by atoms with Crippen LogP contribution in [0.25, 0.3) is 0 Å². The Labute approximate surface area is 254 Å². The van der Waals surface area contributed by atoms with Gasteiger partial charge in [0, 0.05) is 29.2 Å². The highest BCUT2D eigenvalue weighted by molar-refractivity contribution is 9.10. The fourth-order valence-corrected chi connectivity index (χ4v) is 5.95. The molecule has 1 atom stereocenters. The van der Waals surface area contributed by atoms with E-state index in [1.54, 1.807) is 12.1 Å². The first-order valence-corrected chi connectivity index (χ1v) is 17.8. The quantitative estimate of drug-likeness (QED) is 0.155. The molecule has 1 unspecified atom stereocenters. The number of phenolic OH excluding ortho intramolecular Hbond substituents is 2. The number of halogens is 1. The minimum atomic E-state index is -2.15. The first kappa shape index (κ1) is 32.9. The zero-order valence-electron chi connectivity index (χ0n) is 25.3. The number of hydrogen-bond donors (Lipinski definition) is 4. The van der Waals surface area contributed by atoms with Gasteiger partial charge in [-0.25, -0.2) is 0 Å². The molecule has 0 radical (unpaired) electrons. The van der Waals surface area contributed by atoms with Gasteiger partial charge in [0.15, 0.2) is 8.32 Å². The number of benzene rings is 3. The molecule has 0 aliphatic heterocycles. The minimum Gasteiger partial charge on any atom is -0.508 e. The van der Waals surface area contributed by atoms with Gasteiger partial charge >= 0.3 is 0 Å². The van der Waals surface area contributed by atoms with Crippen molar-refractivity contribution in [2.45, 2.75) is 83.8 Å². The standard InChI is InChI=1S/C33H45BrN2O4Si/c1-32(2,3)41(6,7)40-30(26-17-28(37)19-29(38)18-26)22-36-33(4,5)20-25-10-8-9-24(15-25)16-31(39)35-21-23-11-13-27(34)14-12-23/h8-15,17-19,30,36-38H,16,20-22H2,1-7H3,(H,35,39). The maximum atomic E-state index is 12.6. The number of hydrogen-bond acceptors (Lipinski definition) is 5. The SMILES string of the molecule is CC(C)(Cc1cccc(CC(=O)NCc2ccc(Br)cc2)c1)NCC(O[Si](C)(C)C(C)(C)C)c1cc(O)cc(O)c1. The van der Waals surface area contributed by atoms with E-state index in [0.29, 0.717) is 19.5 Å². The third kappa shape index (κ3) is 10.3. The number of nitrogens with one attached hydrogen (secondary N) is 2. The summed E-state index contributed by atoms with van der Waals surface area (Å²) in [7, 11) is -2.15. The largest absolute Gasteiger partial charge is 0.508 e. The predicted molar refractivity (Wildman–Crippen MR) is 173 cm³/mol. The molecule has 8 heteroatoms. The van der Waals surface area contributed by atoms with Gasteiger partial charge in [-0.3, -0.25) is 4.79 Å². The van der Waals surface area contributed by atoms with Gasteiger partial charge in [-0.15, -0.1) is 0 Å². The van der Waals surface area contributed by atoms with E-state index < -0.39 is 8.32 Å². The second kappa shape index (κ2) is 13.5. The van der Waals surface area contributed by atoms with E-state index in [1.807, 2.05) is 36.4 Å². The predicted octanol–water partition coefficient (Wildman–Crippen LogP) is 7.39. The third-order valence-electron chi connectivity index (χ3n) is 7.71. The van der Waals surface area contributed by atoms with E-state index in [4.69, 9.17) is 4.43 Å². The average molecular weight is 642 g/mol. The summed E-state index contributed by atoms with van der Waals surface area (Å²) in [6.07, 6.45) is 0.732. The van der Waals surface area contributed by atoms with Crippen molar-refractivity contribution in [3.8, 4) is 11.5 Å². The van der Waals surface area contributed by atoms with Crippen LogP contribution in [0, 0.1) is 0 Å². The van der Waals surface area contributed by atoms with Gasteiger partial charge in [0.05, 0.1) is 12.5 Å². The lowest BCUT2D eigenvalue weighted by Gasteiger charge is -2.40. The van der Waals surface area contributed by atoms with E-state index in [2.05, 4.69) is 86.4 Å². The Kier molecular flexibility index (Phi) is 10.9. The molecule has 3 rings (SSSR count). The molecule has 0 heterocycles. The minimum absolute atomic E-state index is 0.00458. The van der Waals surface area contributed by atoms with Gasteiger partial charge in [0.1, 0.15) is 11.5 Å². The Morgan fingerprint density at radius 1 is 0.902 bits per heavy atom. The molecular weight excluding hydrogens is 596 g/mol. The highest BCUT2D eigenvalue weighted by atomic mass is 79.9. The van der Waals surface area contributed by atoms with Gasteiger partial charge < -0.3 is 25.3 Å². The molecule has 0 spiro atoms. The van der Waals surface area contributed by atoms with Crippen LogP contribution in [-0.2, 0) is 28.6 Å². The zero-order valence-corrected chi connectivity index (χ0v) is 27.9. The van der Waals surface area contributed by atoms with Gasteiger partial charge in [0.2, 0.25) is 5.91 Å². The molecule has 0 bridgehead atoms. The maximum absolute atomic E-state index is 12.6. The van der Waals surface area contributed by atoms with Gasteiger partial charge in [-0.2, -0.15) is 0 Å². The Hall–Kier alpha value is -2.65. The van der Waals surface area contributed by atoms with Gasteiger partial charge in [-0.1, -0.05) is 73.1 Å². The fourth-order valence-electron chi connectivity index (χ4n) is 4.41. The van der Waals surface area contributed by atoms with E-state index in [-0.39, 0.29) is 34.1 Å². The van der Waals surface area contributed by atoms with Crippen molar-refractivity contribution in [1.29, 1.82) is 0 Å². The van der Waals surface area contributed by atoms with Crippen LogP contribution in [0.3, 0.4) is 0 Å². The molecule has 0 fully saturated rings. The molecule has 3 aromatic rings. The first-order valence-electron chi connectivity index (χ1n) is 14.1. The molecule has 0 aliphatic carbocycles. The molecule has 0 aliphatic rings. The number of aromatic hydroxyl groups is 2. The van der Waals surface area contributed by atoms with E-state index >= 15 is 0 Å². The molecular formula is C33H45BrN2O4Si. The van der Waals surface area contributed by atoms with Crippen LogP contribution < -0.4 is 10.6 Å². The number of carbonyl (C=O) groups excluding carboxylic acids is 1. The summed E-state index contributed by atoms with van der Waals surface area (Å²) in [5, 5.41) is 27.0. The average Bonchev–Trinajstić information content (AvgIpc) is 2.85. The highest BCUT2D eigenvalue weighted by Gasteiger charge is 2.40. The van der Waals surface area contributed by atoms with Crippen molar-refractivity contribution in [1.82, 2.24) is 10.6 Å². The summed E-state index contributed by atoms with van der Waals surface area (Å²) in [6, 6.07) is 20.8. The van der Waals surface area contributed by atoms with E-state index in [0.717, 1.165) is 33.1 Å². The van der Waals surface area contributed by atoms with E-state index in [9.17, 15) is 15.0 Å². The molecule has 0 aromatic heterocycles. The summed E-state index contributed by atoms with van der Waals surface area (Å²) in [5.74, 6) is 0.0176. The normalized spacial score (nSPS) is 13.2. The fraction of sp³-hybridized carbons (Fsp3) is 0.424. The Morgan fingerprint density at radius 2 is 1.51 bits per heavy atom. The van der Waals surface area contributed by atoms with Crippen LogP contribution in [0.5, 0.6) is 11.5 Å². The number of phenols is 2. The van der Waals surface area contributed by atoms with Crippen molar-refractivity contribution in [3.63, 3.8) is 0 Å². The lowest BCUT2D eigenvalue weighted by Crippen LogP contribution is -2.47. The van der Waals surface area contributed by atoms with Crippen molar-refractivity contribution in [2.24, 2.45) is 0 Å². The monoisotopic (exact) mass is 640 g/mol. The molecule has 0 saturated carbocycles. The van der Waals surface area contributed by atoms with Crippen LogP contribution in [0.15, 0.2) is 71.2 Å². The summed E-state index contributed by atoms with van der Waals surface area (Å²) in [4.78, 5) is 12.6. The highest BCUT2D eigenvalue weighted by Crippen LogP contribution is 2.40. The molecule has 1 amide bonds. The molecule has 222 valence electrons. The van der Waals surface area contributed by atoms with Crippen molar-refractivity contribution < 1.29 is 19.4 Å². The lowest BCUT2D eigenvalue weighted by molar-refractivity contribution is -0.120. The van der Waals surface area contributed by atoms with Gasteiger partial charge in [0.25, 0.3) is 0 Å². The third-order valence-corrected chi connectivity index (χ3v) is 12.7. The molecule has 6 nitrogen and oxygen atoms in total. The van der Waals surface area contributed by atoms with Gasteiger partial charge in [-0.05, 0) is 84.9 Å². The van der Waals surface area contributed by atoms with Crippen LogP contribution >= 0.6 is 15.9 Å². The molecule has 3 aromatic carbocycles. The molecule has 4 N–H and O–H groups in total. The first-order chi connectivity index (χ1) is 19.0. The number of carbonyl (C=O) groups is 1. The molecule has 41 heavy (non-hydrogen) atoms. The van der Waals surface area contributed by atoms with E-state index in [1.165, 1.54) is 6.07 Å². The van der Waals surface area contributed by atoms with Crippen LogP contribution in [-0.4, -0.2) is 36.5 Å². The van der Waals surface area contributed by atoms with Crippen molar-refractivity contribution >= 4 is 30.2 Å². The Balaban J connectivity index is 1.66. The van der Waals surface area contributed by atoms with Crippen molar-refractivity contribution in [2.75, 3.05) is 6.54 Å². The maximum Gasteiger partial charge on any atom is 0.224 e. The summed E-state index contributed by atoms with van der Waals surface area (Å²) < 4.78 is 7.79. The van der Waals surface area contributed by atoms with Crippen LogP contribution in [0.4, 0.5) is 0 Å². The number of amides is 1. The van der Waals surface area contributed by atoms with Crippen LogP contribution in [0.1, 0.15) is 63.0 Å². The summed E-state index contributed by atoms with van der Waals surface area (Å²) in [6.45, 7) is 16.3. The van der Waals surface area contributed by atoms with Crippen LogP contribution in [0.2, 0.25) is 18.1 Å². The summed E-state index contributed by atoms with van der Waals surface area (Å²) in [5.41, 5.74) is 3.63. The second-order valence-electron chi connectivity index (χ2n) is 13.0. The lowest BCUT2D eigenvalue weighted by atomic mass is 9.93. The zero-order chi connectivity index (χ0) is 30.4. The number of rotatable bonds is 12. The Bertz CT molecular complexity index is 1300. The second-order valence-corrected chi connectivity index (χ2v) is 18.7. The smallest absolute Gasteiger partial charge is 0.224 e. The summed E-state index contributed by atoms with van der Waals surface area (Å²) >= 11 is 3.43. The topological polar surface area (TPSA) is 90.8 Å². The van der Waals surface area contributed by atoms with Crippen molar-refractivity contribution in [3.05, 3.63) is 93.5 Å². The Morgan fingerprint density at radius 3 is 2.12 bits per heavy atom.